The first kappa shape index (κ1) is 27.8. The summed E-state index contributed by atoms with van der Waals surface area (Å²) >= 11 is 0. The maximum absolute atomic E-state index is 6.63. The molecule has 0 unspecified atom stereocenters. The van der Waals surface area contributed by atoms with Crippen molar-refractivity contribution < 1.29 is 13.3 Å². The van der Waals surface area contributed by atoms with Crippen LogP contribution >= 0.6 is 0 Å². The van der Waals surface area contributed by atoms with E-state index in [-0.39, 0.29) is 0 Å². The Morgan fingerprint density at radius 2 is 1.04 bits per heavy atom. The summed E-state index contributed by atoms with van der Waals surface area (Å²) in [6.07, 6.45) is 0. The van der Waals surface area contributed by atoms with E-state index in [2.05, 4.69) is 30.3 Å². The molecule has 0 spiro atoms. The lowest BCUT2D eigenvalue weighted by Gasteiger charge is -2.09. The van der Waals surface area contributed by atoms with Crippen molar-refractivity contribution in [3.8, 4) is 45.6 Å². The van der Waals surface area contributed by atoms with Crippen LogP contribution in [0.2, 0.25) is 0 Å². The highest BCUT2D eigenvalue weighted by Crippen LogP contribution is 2.43. The lowest BCUT2D eigenvalue weighted by atomic mass is 10.0. The van der Waals surface area contributed by atoms with E-state index in [9.17, 15) is 0 Å². The highest BCUT2D eigenvalue weighted by atomic mass is 16.4. The van der Waals surface area contributed by atoms with Gasteiger partial charge in [-0.1, -0.05) is 109 Å². The van der Waals surface area contributed by atoms with Gasteiger partial charge < -0.3 is 13.3 Å². The molecule has 0 saturated heterocycles. The number of hydrogen-bond donors (Lipinski definition) is 0. The minimum atomic E-state index is 0.457. The van der Waals surface area contributed by atoms with E-state index < -0.39 is 0 Å². The van der Waals surface area contributed by atoms with Crippen LogP contribution in [-0.4, -0.2) is 19.9 Å². The van der Waals surface area contributed by atoms with Crippen LogP contribution in [0.25, 0.3) is 111 Å². The summed E-state index contributed by atoms with van der Waals surface area (Å²) in [5, 5.41) is 5.99. The van der Waals surface area contributed by atoms with Gasteiger partial charge in [-0.3, -0.25) is 0 Å². The van der Waals surface area contributed by atoms with Crippen LogP contribution in [0.4, 0.5) is 0 Å². The molecule has 238 valence electrons. The van der Waals surface area contributed by atoms with E-state index in [1.54, 1.807) is 0 Å². The summed E-state index contributed by atoms with van der Waals surface area (Å²) in [7, 11) is 0. The number of hydrogen-bond acceptors (Lipinski definition) is 7. The maximum Gasteiger partial charge on any atom is 0.227 e. The molecule has 0 radical (unpaired) electrons. The molecule has 0 atom stereocenters. The molecule has 11 rings (SSSR count). The summed E-state index contributed by atoms with van der Waals surface area (Å²) in [6.45, 7) is 0. The Bertz CT molecular complexity index is 3160. The number of para-hydroxylation sites is 2. The van der Waals surface area contributed by atoms with Crippen LogP contribution in [0.1, 0.15) is 0 Å². The molecule has 0 bridgehead atoms. The molecule has 0 amide bonds. The molecule has 51 heavy (non-hydrogen) atoms. The average molecular weight is 657 g/mol. The third kappa shape index (κ3) is 4.31. The van der Waals surface area contributed by atoms with Crippen LogP contribution in [0.5, 0.6) is 0 Å². The van der Waals surface area contributed by atoms with Crippen LogP contribution in [0, 0.1) is 0 Å². The topological polar surface area (TPSA) is 91.0 Å². The van der Waals surface area contributed by atoms with Gasteiger partial charge in [-0.25, -0.2) is 19.9 Å². The predicted molar refractivity (Wildman–Crippen MR) is 201 cm³/mol. The molecule has 0 saturated carbocycles. The smallest absolute Gasteiger partial charge is 0.227 e. The van der Waals surface area contributed by atoms with Crippen molar-refractivity contribution in [2.24, 2.45) is 0 Å². The number of oxazole rings is 1. The zero-order valence-corrected chi connectivity index (χ0v) is 26.9. The Hall–Kier alpha value is -7.12. The van der Waals surface area contributed by atoms with E-state index in [1.165, 1.54) is 0 Å². The first-order valence-corrected chi connectivity index (χ1v) is 16.7. The van der Waals surface area contributed by atoms with Crippen molar-refractivity contribution >= 4 is 65.7 Å². The number of fused-ring (bicyclic) bond motifs is 9. The second-order valence-corrected chi connectivity index (χ2v) is 12.6. The second kappa shape index (κ2) is 10.7. The molecule has 7 nitrogen and oxygen atoms in total. The molecule has 0 fully saturated rings. The zero-order valence-electron chi connectivity index (χ0n) is 26.9. The van der Waals surface area contributed by atoms with Gasteiger partial charge in [0.2, 0.25) is 5.89 Å². The van der Waals surface area contributed by atoms with Gasteiger partial charge in [0.25, 0.3) is 0 Å². The van der Waals surface area contributed by atoms with Gasteiger partial charge in [0.05, 0.1) is 10.9 Å². The fourth-order valence-corrected chi connectivity index (χ4v) is 7.18. The summed E-state index contributed by atoms with van der Waals surface area (Å²) in [5.41, 5.74) is 7.55. The highest BCUT2D eigenvalue weighted by Gasteiger charge is 2.24. The second-order valence-electron chi connectivity index (χ2n) is 12.6. The fraction of sp³-hybridized carbons (Fsp3) is 0. The van der Waals surface area contributed by atoms with Crippen molar-refractivity contribution in [1.82, 2.24) is 19.9 Å². The number of furan rings is 2. The van der Waals surface area contributed by atoms with Gasteiger partial charge in [0.1, 0.15) is 27.8 Å². The molecule has 4 aromatic heterocycles. The summed E-state index contributed by atoms with van der Waals surface area (Å²) in [4.78, 5) is 20.4. The SMILES string of the molecule is c1ccc(-c2nc(-c3cc4oc(-c5ccc6ccccc6c5)nc4c4c3oc3ccccc34)nc(-c3cccc4oc5ccccc5c34)n2)cc1. The summed E-state index contributed by atoms with van der Waals surface area (Å²) < 4.78 is 19.4. The molecule has 7 heteroatoms. The van der Waals surface area contributed by atoms with Gasteiger partial charge in [0.15, 0.2) is 23.1 Å². The fourth-order valence-electron chi connectivity index (χ4n) is 7.18. The molecule has 0 aliphatic rings. The van der Waals surface area contributed by atoms with Crippen molar-refractivity contribution in [2.45, 2.75) is 0 Å². The number of nitrogens with zero attached hydrogens (tertiary/aromatic N) is 4. The standard InChI is InChI=1S/C44H24N4O3/c1-2-12-26(13-3-1)41-46-42(31-17-10-20-35-37(31)29-15-6-8-18-33(29)49-35)48-43(47-41)32-24-36-39(38-30-16-7-9-19-34(30)50-40(32)38)45-44(51-36)28-22-21-25-11-4-5-14-27(25)23-28/h1-24H. The predicted octanol–water partition coefficient (Wildman–Crippen LogP) is 11.6. The van der Waals surface area contributed by atoms with E-state index in [0.717, 1.165) is 65.8 Å². The summed E-state index contributed by atoms with van der Waals surface area (Å²) in [5.74, 6) is 2.05. The van der Waals surface area contributed by atoms with E-state index in [0.29, 0.717) is 45.6 Å². The van der Waals surface area contributed by atoms with E-state index >= 15 is 0 Å². The minimum Gasteiger partial charge on any atom is -0.456 e. The molecule has 0 aliphatic carbocycles. The lowest BCUT2D eigenvalue weighted by Crippen LogP contribution is -2.00. The Morgan fingerprint density at radius 1 is 0.373 bits per heavy atom. The molecule has 4 heterocycles. The number of aromatic nitrogens is 4. The molecule has 0 aliphatic heterocycles. The summed E-state index contributed by atoms with van der Waals surface area (Å²) in [6, 6.07) is 48.4. The van der Waals surface area contributed by atoms with Crippen LogP contribution in [-0.2, 0) is 0 Å². The van der Waals surface area contributed by atoms with Crippen molar-refractivity contribution in [3.63, 3.8) is 0 Å². The van der Waals surface area contributed by atoms with E-state index in [4.69, 9.17) is 33.2 Å². The monoisotopic (exact) mass is 656 g/mol. The van der Waals surface area contributed by atoms with Crippen LogP contribution in [0.3, 0.4) is 0 Å². The molecule has 7 aromatic carbocycles. The van der Waals surface area contributed by atoms with Crippen molar-refractivity contribution in [1.29, 1.82) is 0 Å². The first-order valence-electron chi connectivity index (χ1n) is 16.7. The van der Waals surface area contributed by atoms with Gasteiger partial charge in [-0.05, 0) is 47.2 Å². The largest absolute Gasteiger partial charge is 0.456 e. The normalized spacial score (nSPS) is 11.9. The third-order valence-corrected chi connectivity index (χ3v) is 9.55. The van der Waals surface area contributed by atoms with Gasteiger partial charge in [-0.2, -0.15) is 0 Å². The van der Waals surface area contributed by atoms with E-state index in [1.807, 2.05) is 115 Å². The highest BCUT2D eigenvalue weighted by molar-refractivity contribution is 6.20. The third-order valence-electron chi connectivity index (χ3n) is 9.55. The molecular weight excluding hydrogens is 633 g/mol. The maximum atomic E-state index is 6.63. The molecule has 0 N–H and O–H groups in total. The number of rotatable bonds is 4. The van der Waals surface area contributed by atoms with Gasteiger partial charge >= 0.3 is 0 Å². The average Bonchev–Trinajstić information content (AvgIpc) is 3.91. The zero-order chi connectivity index (χ0) is 33.5. The molecule has 11 aromatic rings. The van der Waals surface area contributed by atoms with Crippen molar-refractivity contribution in [3.05, 3.63) is 146 Å². The lowest BCUT2D eigenvalue weighted by molar-refractivity contribution is 0.619. The Labute approximate surface area is 289 Å². The first-order chi connectivity index (χ1) is 25.2. The van der Waals surface area contributed by atoms with Gasteiger partial charge in [0, 0.05) is 32.8 Å². The molecular formula is C44H24N4O3. The minimum absolute atomic E-state index is 0.457. The van der Waals surface area contributed by atoms with Crippen molar-refractivity contribution in [2.75, 3.05) is 0 Å². The Balaban J connectivity index is 1.20. The Morgan fingerprint density at radius 3 is 1.88 bits per heavy atom. The van der Waals surface area contributed by atoms with Crippen LogP contribution < -0.4 is 0 Å². The quantitative estimate of drug-likeness (QED) is 0.186. The van der Waals surface area contributed by atoms with Crippen LogP contribution in [0.15, 0.2) is 159 Å². The van der Waals surface area contributed by atoms with Gasteiger partial charge in [-0.15, -0.1) is 0 Å². The number of benzene rings is 7. The Kier molecular flexibility index (Phi) is 5.83.